The second kappa shape index (κ2) is 7.56. The lowest BCUT2D eigenvalue weighted by molar-refractivity contribution is -0.127. The van der Waals surface area contributed by atoms with E-state index in [1.807, 2.05) is 26.0 Å². The van der Waals surface area contributed by atoms with Crippen molar-refractivity contribution in [2.75, 3.05) is 11.9 Å². The standard InChI is InChI=1S/C18H22ClN3O3/c1-11-9-12(2)25-17(11)18(24)20-16-10-15(21-22(16)7-8-23)13-3-5-14(19)6-4-13/h3-6,10-12,17,23H,7-9H2,1-2H3,(H,20,24)/t11-,12-,17-/m1/s1. The number of carbonyl (C=O) groups is 1. The lowest BCUT2D eigenvalue weighted by Crippen LogP contribution is -2.32. The minimum atomic E-state index is -0.466. The summed E-state index contributed by atoms with van der Waals surface area (Å²) in [6.07, 6.45) is 0.480. The second-order valence-electron chi connectivity index (χ2n) is 6.44. The summed E-state index contributed by atoms with van der Waals surface area (Å²) < 4.78 is 7.29. The van der Waals surface area contributed by atoms with E-state index < -0.39 is 6.10 Å². The van der Waals surface area contributed by atoms with Crippen LogP contribution < -0.4 is 5.32 Å². The summed E-state index contributed by atoms with van der Waals surface area (Å²) in [4.78, 5) is 12.6. The molecule has 1 amide bonds. The Labute approximate surface area is 151 Å². The van der Waals surface area contributed by atoms with Crippen molar-refractivity contribution in [3.8, 4) is 11.3 Å². The van der Waals surface area contributed by atoms with Gasteiger partial charge in [-0.1, -0.05) is 30.7 Å². The maximum absolute atomic E-state index is 12.6. The molecule has 1 aromatic heterocycles. The van der Waals surface area contributed by atoms with Gasteiger partial charge >= 0.3 is 0 Å². The quantitative estimate of drug-likeness (QED) is 0.856. The van der Waals surface area contributed by atoms with Gasteiger partial charge in [-0.3, -0.25) is 4.79 Å². The van der Waals surface area contributed by atoms with E-state index in [9.17, 15) is 9.90 Å². The number of carbonyl (C=O) groups excluding carboxylic acids is 1. The van der Waals surface area contributed by atoms with E-state index in [0.717, 1.165) is 12.0 Å². The predicted octanol–water partition coefficient (Wildman–Crippen LogP) is 2.95. The summed E-state index contributed by atoms with van der Waals surface area (Å²) in [5.74, 6) is 0.526. The van der Waals surface area contributed by atoms with E-state index in [4.69, 9.17) is 16.3 Å². The molecule has 1 aliphatic rings. The summed E-state index contributed by atoms with van der Waals surface area (Å²) >= 11 is 5.92. The van der Waals surface area contributed by atoms with Gasteiger partial charge in [0.1, 0.15) is 11.9 Å². The van der Waals surface area contributed by atoms with E-state index in [1.165, 1.54) is 0 Å². The van der Waals surface area contributed by atoms with Crippen LogP contribution in [0.2, 0.25) is 5.02 Å². The smallest absolute Gasteiger partial charge is 0.254 e. The van der Waals surface area contributed by atoms with Crippen molar-refractivity contribution in [3.05, 3.63) is 35.4 Å². The zero-order valence-corrected chi connectivity index (χ0v) is 15.0. The molecule has 2 N–H and O–H groups in total. The first kappa shape index (κ1) is 17.9. The van der Waals surface area contributed by atoms with Crippen LogP contribution in [0, 0.1) is 5.92 Å². The maximum Gasteiger partial charge on any atom is 0.254 e. The van der Waals surface area contributed by atoms with Gasteiger partial charge in [0, 0.05) is 16.7 Å². The van der Waals surface area contributed by atoms with Crippen molar-refractivity contribution < 1.29 is 14.6 Å². The number of nitrogens with one attached hydrogen (secondary N) is 1. The van der Waals surface area contributed by atoms with E-state index >= 15 is 0 Å². The average Bonchev–Trinajstić information content (AvgIpc) is 3.11. The number of halogens is 1. The van der Waals surface area contributed by atoms with Gasteiger partial charge in [-0.05, 0) is 31.4 Å². The van der Waals surface area contributed by atoms with Crippen LogP contribution in [-0.4, -0.2) is 39.6 Å². The number of hydrogen-bond donors (Lipinski definition) is 2. The Hall–Kier alpha value is -1.89. The highest BCUT2D eigenvalue weighted by molar-refractivity contribution is 6.30. The zero-order valence-electron chi connectivity index (χ0n) is 14.3. The first-order valence-corrected chi connectivity index (χ1v) is 8.76. The van der Waals surface area contributed by atoms with Gasteiger partial charge < -0.3 is 15.2 Å². The van der Waals surface area contributed by atoms with E-state index in [1.54, 1.807) is 22.9 Å². The molecule has 0 radical (unpaired) electrons. The lowest BCUT2D eigenvalue weighted by atomic mass is 10.0. The molecule has 0 aliphatic carbocycles. The average molecular weight is 364 g/mol. The molecule has 0 saturated carbocycles. The van der Waals surface area contributed by atoms with Crippen molar-refractivity contribution in [1.29, 1.82) is 0 Å². The lowest BCUT2D eigenvalue weighted by Gasteiger charge is -2.15. The SMILES string of the molecule is C[C@@H]1C[C@@H](C)[C@H](C(=O)Nc2cc(-c3ccc(Cl)cc3)nn2CCO)O1. The van der Waals surface area contributed by atoms with Crippen molar-refractivity contribution in [1.82, 2.24) is 9.78 Å². The maximum atomic E-state index is 12.6. The number of ether oxygens (including phenoxy) is 1. The fourth-order valence-corrected chi connectivity index (χ4v) is 3.27. The second-order valence-corrected chi connectivity index (χ2v) is 6.87. The zero-order chi connectivity index (χ0) is 18.0. The first-order valence-electron chi connectivity index (χ1n) is 8.39. The number of rotatable bonds is 5. The molecule has 1 aliphatic heterocycles. The molecule has 2 aromatic rings. The van der Waals surface area contributed by atoms with Crippen LogP contribution in [0.1, 0.15) is 20.3 Å². The summed E-state index contributed by atoms with van der Waals surface area (Å²) in [7, 11) is 0. The van der Waals surface area contributed by atoms with E-state index in [0.29, 0.717) is 23.1 Å². The summed E-state index contributed by atoms with van der Waals surface area (Å²) in [5, 5.41) is 17.3. The Morgan fingerprint density at radius 1 is 1.40 bits per heavy atom. The van der Waals surface area contributed by atoms with Gasteiger partial charge in [-0.25, -0.2) is 4.68 Å². The molecule has 0 unspecified atom stereocenters. The Morgan fingerprint density at radius 3 is 2.72 bits per heavy atom. The number of nitrogens with zero attached hydrogens (tertiary/aromatic N) is 2. The number of benzene rings is 1. The molecule has 6 nitrogen and oxygen atoms in total. The van der Waals surface area contributed by atoms with Crippen molar-refractivity contribution >= 4 is 23.3 Å². The Bertz CT molecular complexity index is 745. The molecule has 1 aromatic carbocycles. The van der Waals surface area contributed by atoms with Gasteiger partial charge in [-0.15, -0.1) is 0 Å². The van der Waals surface area contributed by atoms with Crippen LogP contribution in [-0.2, 0) is 16.1 Å². The number of amides is 1. The first-order chi connectivity index (χ1) is 12.0. The number of anilines is 1. The molecule has 134 valence electrons. The van der Waals surface area contributed by atoms with E-state index in [-0.39, 0.29) is 24.5 Å². The highest BCUT2D eigenvalue weighted by Crippen LogP contribution is 2.28. The summed E-state index contributed by atoms with van der Waals surface area (Å²) in [6.45, 7) is 4.20. The highest BCUT2D eigenvalue weighted by atomic mass is 35.5. The molecular weight excluding hydrogens is 342 g/mol. The van der Waals surface area contributed by atoms with Crippen LogP contribution in [0.15, 0.2) is 30.3 Å². The van der Waals surface area contributed by atoms with Crippen LogP contribution >= 0.6 is 11.6 Å². The summed E-state index contributed by atoms with van der Waals surface area (Å²) in [5.41, 5.74) is 1.59. The predicted molar refractivity (Wildman–Crippen MR) is 96.5 cm³/mol. The van der Waals surface area contributed by atoms with Gasteiger partial charge in [0.05, 0.1) is 24.9 Å². The van der Waals surface area contributed by atoms with Crippen LogP contribution in [0.5, 0.6) is 0 Å². The molecule has 25 heavy (non-hydrogen) atoms. The van der Waals surface area contributed by atoms with Gasteiger partial charge in [0.2, 0.25) is 0 Å². The third-order valence-corrected chi connectivity index (χ3v) is 4.59. The largest absolute Gasteiger partial charge is 0.394 e. The van der Waals surface area contributed by atoms with Crippen LogP contribution in [0.4, 0.5) is 5.82 Å². The molecule has 0 bridgehead atoms. The number of hydrogen-bond acceptors (Lipinski definition) is 4. The third-order valence-electron chi connectivity index (χ3n) is 4.34. The van der Waals surface area contributed by atoms with Gasteiger partial charge in [-0.2, -0.15) is 5.10 Å². The number of aromatic nitrogens is 2. The highest BCUT2D eigenvalue weighted by Gasteiger charge is 2.35. The Morgan fingerprint density at radius 2 is 2.12 bits per heavy atom. The monoisotopic (exact) mass is 363 g/mol. The Balaban J connectivity index is 1.82. The number of aliphatic hydroxyl groups is 1. The molecule has 0 spiro atoms. The van der Waals surface area contributed by atoms with Crippen molar-refractivity contribution in [2.24, 2.45) is 5.92 Å². The fraction of sp³-hybridized carbons (Fsp3) is 0.444. The van der Waals surface area contributed by atoms with E-state index in [2.05, 4.69) is 10.4 Å². The minimum Gasteiger partial charge on any atom is -0.394 e. The third kappa shape index (κ3) is 4.03. The number of aliphatic hydroxyl groups excluding tert-OH is 1. The topological polar surface area (TPSA) is 76.4 Å². The molecule has 3 rings (SSSR count). The fourth-order valence-electron chi connectivity index (χ4n) is 3.15. The van der Waals surface area contributed by atoms with Gasteiger partial charge in [0.15, 0.2) is 0 Å². The van der Waals surface area contributed by atoms with Crippen LogP contribution in [0.25, 0.3) is 11.3 Å². The molecule has 3 atom stereocenters. The molecule has 1 saturated heterocycles. The van der Waals surface area contributed by atoms with Crippen molar-refractivity contribution in [2.45, 2.75) is 39.0 Å². The van der Waals surface area contributed by atoms with Crippen molar-refractivity contribution in [3.63, 3.8) is 0 Å². The van der Waals surface area contributed by atoms with Gasteiger partial charge in [0.25, 0.3) is 5.91 Å². The minimum absolute atomic E-state index is 0.0715. The molecule has 2 heterocycles. The normalized spacial score (nSPS) is 23.0. The molecule has 7 heteroatoms. The van der Waals surface area contributed by atoms with Crippen LogP contribution in [0.3, 0.4) is 0 Å². The Kier molecular flexibility index (Phi) is 5.42. The summed E-state index contributed by atoms with van der Waals surface area (Å²) in [6, 6.07) is 9.10. The molecular formula is C18H22ClN3O3. The molecule has 1 fully saturated rings.